The molecule has 3 aromatic rings. The molecule has 3 heterocycles. The molecule has 3 aromatic heterocycles. The second kappa shape index (κ2) is 4.85. The molecule has 9 heteroatoms. The van der Waals surface area contributed by atoms with Crippen molar-refractivity contribution in [3.8, 4) is 0 Å². The van der Waals surface area contributed by atoms with E-state index >= 15 is 0 Å². The molecule has 0 aromatic carbocycles. The maximum Gasteiger partial charge on any atom is 0.325 e. The van der Waals surface area contributed by atoms with Crippen molar-refractivity contribution in [1.29, 1.82) is 0 Å². The Morgan fingerprint density at radius 1 is 1.29 bits per heavy atom. The average Bonchev–Trinajstić information content (AvgIpc) is 3.01. The van der Waals surface area contributed by atoms with Crippen molar-refractivity contribution in [2.75, 3.05) is 7.05 Å². The van der Waals surface area contributed by atoms with Crippen molar-refractivity contribution in [2.45, 2.75) is 13.5 Å². The highest BCUT2D eigenvalue weighted by Crippen LogP contribution is 2.08. The Morgan fingerprint density at radius 3 is 2.81 bits per heavy atom. The smallest absolute Gasteiger partial charge is 0.325 e. The SMILES string of the molecule is Cc1nc(CN(C)C(=O)c2ccc3[nH]c(=O)[nH]c3n2)n[nH]1. The van der Waals surface area contributed by atoms with Crippen LogP contribution in [0.4, 0.5) is 0 Å². The molecule has 9 nitrogen and oxygen atoms in total. The summed E-state index contributed by atoms with van der Waals surface area (Å²) >= 11 is 0. The lowest BCUT2D eigenvalue weighted by Crippen LogP contribution is -2.27. The predicted molar refractivity (Wildman–Crippen MR) is 73.6 cm³/mol. The first-order valence-electron chi connectivity index (χ1n) is 6.25. The number of nitrogens with zero attached hydrogens (tertiary/aromatic N) is 4. The van der Waals surface area contributed by atoms with Gasteiger partial charge in [0.15, 0.2) is 11.5 Å². The lowest BCUT2D eigenvalue weighted by atomic mass is 10.3. The van der Waals surface area contributed by atoms with E-state index in [2.05, 4.69) is 30.1 Å². The number of aromatic nitrogens is 6. The van der Waals surface area contributed by atoms with E-state index in [1.54, 1.807) is 26.1 Å². The number of nitrogens with one attached hydrogen (secondary N) is 3. The normalized spacial score (nSPS) is 11.0. The summed E-state index contributed by atoms with van der Waals surface area (Å²) in [5, 5.41) is 6.70. The van der Waals surface area contributed by atoms with Crippen molar-refractivity contribution in [1.82, 2.24) is 35.0 Å². The lowest BCUT2D eigenvalue weighted by Gasteiger charge is -2.14. The number of fused-ring (bicyclic) bond motifs is 1. The van der Waals surface area contributed by atoms with Gasteiger partial charge in [-0.2, -0.15) is 5.10 Å². The molecule has 3 rings (SSSR count). The second-order valence-electron chi connectivity index (χ2n) is 4.67. The van der Waals surface area contributed by atoms with E-state index < -0.39 is 0 Å². The predicted octanol–water partition coefficient (Wildman–Crippen LogP) is -0.0501. The molecular weight excluding hydrogens is 274 g/mol. The topological polar surface area (TPSA) is 123 Å². The summed E-state index contributed by atoms with van der Waals surface area (Å²) in [5.74, 6) is 0.941. The van der Waals surface area contributed by atoms with Gasteiger partial charge in [0.1, 0.15) is 11.5 Å². The Labute approximate surface area is 118 Å². The molecule has 21 heavy (non-hydrogen) atoms. The Bertz CT molecular complexity index is 860. The Kier molecular flexibility index (Phi) is 3.01. The first kappa shape index (κ1) is 13.0. The molecule has 0 spiro atoms. The lowest BCUT2D eigenvalue weighted by molar-refractivity contribution is 0.0776. The number of H-pyrrole nitrogens is 3. The number of imidazole rings is 1. The van der Waals surface area contributed by atoms with Crippen LogP contribution in [0, 0.1) is 6.92 Å². The van der Waals surface area contributed by atoms with Crippen LogP contribution in [0.2, 0.25) is 0 Å². The van der Waals surface area contributed by atoms with Gasteiger partial charge in [0.25, 0.3) is 5.91 Å². The zero-order valence-electron chi connectivity index (χ0n) is 11.5. The van der Waals surface area contributed by atoms with Crippen LogP contribution in [-0.4, -0.2) is 48.0 Å². The molecule has 0 unspecified atom stereocenters. The molecule has 3 N–H and O–H groups in total. The number of amides is 1. The Morgan fingerprint density at radius 2 is 2.10 bits per heavy atom. The average molecular weight is 287 g/mol. The highest BCUT2D eigenvalue weighted by Gasteiger charge is 2.16. The van der Waals surface area contributed by atoms with E-state index in [9.17, 15) is 9.59 Å². The zero-order chi connectivity index (χ0) is 15.0. The first-order chi connectivity index (χ1) is 10.0. The van der Waals surface area contributed by atoms with Crippen LogP contribution in [0.25, 0.3) is 11.2 Å². The van der Waals surface area contributed by atoms with E-state index in [-0.39, 0.29) is 23.8 Å². The maximum absolute atomic E-state index is 12.3. The van der Waals surface area contributed by atoms with Gasteiger partial charge in [-0.3, -0.25) is 14.9 Å². The van der Waals surface area contributed by atoms with Gasteiger partial charge in [0.05, 0.1) is 12.1 Å². The highest BCUT2D eigenvalue weighted by atomic mass is 16.2. The monoisotopic (exact) mass is 287 g/mol. The molecular formula is C12H13N7O2. The van der Waals surface area contributed by atoms with Crippen LogP contribution in [0.1, 0.15) is 22.1 Å². The van der Waals surface area contributed by atoms with Gasteiger partial charge in [-0.05, 0) is 19.1 Å². The van der Waals surface area contributed by atoms with Gasteiger partial charge in [-0.15, -0.1) is 0 Å². The number of hydrogen-bond donors (Lipinski definition) is 3. The van der Waals surface area contributed by atoms with Crippen LogP contribution in [-0.2, 0) is 6.54 Å². The molecule has 0 aliphatic rings. The van der Waals surface area contributed by atoms with E-state index in [1.807, 2.05) is 0 Å². The highest BCUT2D eigenvalue weighted by molar-refractivity contribution is 5.93. The van der Waals surface area contributed by atoms with Crippen molar-refractivity contribution in [3.05, 3.63) is 40.0 Å². The van der Waals surface area contributed by atoms with Crippen LogP contribution in [0.15, 0.2) is 16.9 Å². The molecule has 0 bridgehead atoms. The quantitative estimate of drug-likeness (QED) is 0.623. The van der Waals surface area contributed by atoms with Gasteiger partial charge in [-0.25, -0.2) is 14.8 Å². The van der Waals surface area contributed by atoms with Crippen molar-refractivity contribution >= 4 is 17.1 Å². The number of hydrogen-bond acceptors (Lipinski definition) is 5. The van der Waals surface area contributed by atoms with Crippen molar-refractivity contribution < 1.29 is 4.79 Å². The van der Waals surface area contributed by atoms with Gasteiger partial charge < -0.3 is 9.88 Å². The third-order valence-electron chi connectivity index (χ3n) is 2.96. The minimum Gasteiger partial charge on any atom is -0.333 e. The number of pyridine rings is 1. The minimum atomic E-state index is -0.355. The molecule has 0 aliphatic carbocycles. The van der Waals surface area contributed by atoms with E-state index in [0.717, 1.165) is 0 Å². The fraction of sp³-hybridized carbons (Fsp3) is 0.250. The second-order valence-corrected chi connectivity index (χ2v) is 4.67. The Balaban J connectivity index is 1.83. The summed E-state index contributed by atoms with van der Waals surface area (Å²) in [6, 6.07) is 3.20. The van der Waals surface area contributed by atoms with Crippen LogP contribution < -0.4 is 5.69 Å². The summed E-state index contributed by atoms with van der Waals surface area (Å²) < 4.78 is 0. The van der Waals surface area contributed by atoms with Crippen LogP contribution in [0.3, 0.4) is 0 Å². The summed E-state index contributed by atoms with van der Waals surface area (Å²) in [4.78, 5) is 38.3. The van der Waals surface area contributed by atoms with Crippen molar-refractivity contribution in [2.24, 2.45) is 0 Å². The third-order valence-corrected chi connectivity index (χ3v) is 2.96. The van der Waals surface area contributed by atoms with Crippen LogP contribution in [0.5, 0.6) is 0 Å². The molecule has 0 saturated carbocycles. The maximum atomic E-state index is 12.3. The number of aryl methyl sites for hydroxylation is 1. The van der Waals surface area contributed by atoms with E-state index in [0.29, 0.717) is 22.8 Å². The zero-order valence-corrected chi connectivity index (χ0v) is 11.5. The number of rotatable bonds is 3. The summed E-state index contributed by atoms with van der Waals surface area (Å²) in [6.07, 6.45) is 0. The first-order valence-corrected chi connectivity index (χ1v) is 6.25. The number of carbonyl (C=O) groups excluding carboxylic acids is 1. The van der Waals surface area contributed by atoms with Gasteiger partial charge >= 0.3 is 5.69 Å². The van der Waals surface area contributed by atoms with Crippen molar-refractivity contribution in [3.63, 3.8) is 0 Å². The van der Waals surface area contributed by atoms with E-state index in [1.165, 1.54) is 4.90 Å². The van der Waals surface area contributed by atoms with E-state index in [4.69, 9.17) is 0 Å². The summed E-state index contributed by atoms with van der Waals surface area (Å²) in [7, 11) is 1.64. The largest absolute Gasteiger partial charge is 0.333 e. The van der Waals surface area contributed by atoms with Gasteiger partial charge in [-0.1, -0.05) is 0 Å². The van der Waals surface area contributed by atoms with Gasteiger partial charge in [0.2, 0.25) is 0 Å². The molecule has 0 atom stereocenters. The van der Waals surface area contributed by atoms with Crippen LogP contribution >= 0.6 is 0 Å². The minimum absolute atomic E-state index is 0.243. The number of carbonyl (C=O) groups is 1. The Hall–Kier alpha value is -2.97. The number of aromatic amines is 3. The van der Waals surface area contributed by atoms with Gasteiger partial charge in [0, 0.05) is 7.05 Å². The molecule has 0 saturated heterocycles. The molecule has 1 amide bonds. The third kappa shape index (κ3) is 2.53. The molecule has 0 fully saturated rings. The molecule has 0 radical (unpaired) electrons. The fourth-order valence-corrected chi connectivity index (χ4v) is 1.97. The molecule has 108 valence electrons. The molecule has 0 aliphatic heterocycles. The fourth-order valence-electron chi connectivity index (χ4n) is 1.97. The standard InChI is InChI=1S/C12H13N7O2/c1-6-13-9(18-17-6)5-19(2)11(20)8-4-3-7-10(14-8)16-12(21)15-7/h3-4H,5H2,1-2H3,(H,13,17,18)(H2,14,15,16,21). The summed E-state index contributed by atoms with van der Waals surface area (Å²) in [6.45, 7) is 2.06. The summed E-state index contributed by atoms with van der Waals surface area (Å²) in [5.41, 5.74) is 0.802.